The van der Waals surface area contributed by atoms with E-state index in [2.05, 4.69) is 17.9 Å². The molecule has 0 fully saturated rings. The third-order valence-electron chi connectivity index (χ3n) is 2.01. The monoisotopic (exact) mass is 182 g/mol. The third-order valence-corrected chi connectivity index (χ3v) is 2.25. The van der Waals surface area contributed by atoms with Crippen LogP contribution in [0.3, 0.4) is 0 Å². The molecule has 0 aromatic heterocycles. The first-order valence-electron chi connectivity index (χ1n) is 3.95. The summed E-state index contributed by atoms with van der Waals surface area (Å²) in [5, 5.41) is 0.775. The van der Waals surface area contributed by atoms with Crippen LogP contribution in [0.2, 0.25) is 5.02 Å². The highest BCUT2D eigenvalue weighted by molar-refractivity contribution is 6.30. The second-order valence-corrected chi connectivity index (χ2v) is 3.54. The SMILES string of the molecule is CC(c1[c]ccc(Cl)c1)N(C)C. The van der Waals surface area contributed by atoms with Gasteiger partial charge in [-0.05, 0) is 44.8 Å². The first-order valence-corrected chi connectivity index (χ1v) is 4.32. The summed E-state index contributed by atoms with van der Waals surface area (Å²) in [6, 6.07) is 9.18. The van der Waals surface area contributed by atoms with Crippen LogP contribution < -0.4 is 0 Å². The Kier molecular flexibility index (Phi) is 3.12. The zero-order valence-electron chi connectivity index (χ0n) is 7.63. The summed E-state index contributed by atoms with van der Waals surface area (Å²) in [6.07, 6.45) is 0. The van der Waals surface area contributed by atoms with Gasteiger partial charge in [0.2, 0.25) is 0 Å². The molecule has 0 aliphatic rings. The highest BCUT2D eigenvalue weighted by Gasteiger charge is 2.07. The molecule has 1 aromatic carbocycles. The number of nitrogens with zero attached hydrogens (tertiary/aromatic N) is 1. The van der Waals surface area contributed by atoms with Crippen molar-refractivity contribution in [2.24, 2.45) is 0 Å². The molecule has 65 valence electrons. The molecule has 1 rings (SSSR count). The van der Waals surface area contributed by atoms with Crippen LogP contribution in [0.4, 0.5) is 0 Å². The molecule has 12 heavy (non-hydrogen) atoms. The second kappa shape index (κ2) is 3.92. The standard InChI is InChI=1S/C10H13ClN/c1-8(12(2)3)9-5-4-6-10(11)7-9/h4,6-8H,1-3H3. The fraction of sp³-hybridized carbons (Fsp3) is 0.400. The number of hydrogen-bond acceptors (Lipinski definition) is 1. The summed E-state index contributed by atoms with van der Waals surface area (Å²) in [5.41, 5.74) is 1.13. The number of rotatable bonds is 2. The molecule has 1 unspecified atom stereocenters. The van der Waals surface area contributed by atoms with Crippen molar-refractivity contribution in [1.82, 2.24) is 4.90 Å². The van der Waals surface area contributed by atoms with E-state index in [0.717, 1.165) is 10.6 Å². The van der Waals surface area contributed by atoms with Crippen molar-refractivity contribution < 1.29 is 0 Å². The van der Waals surface area contributed by atoms with Crippen molar-refractivity contribution in [3.05, 3.63) is 34.9 Å². The van der Waals surface area contributed by atoms with E-state index in [1.807, 2.05) is 32.3 Å². The molecule has 0 aliphatic carbocycles. The van der Waals surface area contributed by atoms with Crippen LogP contribution in [0.5, 0.6) is 0 Å². The predicted molar refractivity (Wildman–Crippen MR) is 52.4 cm³/mol. The molecule has 1 aromatic rings. The topological polar surface area (TPSA) is 3.24 Å². The molecule has 2 heteroatoms. The van der Waals surface area contributed by atoms with Gasteiger partial charge in [0, 0.05) is 11.1 Å². The lowest BCUT2D eigenvalue weighted by molar-refractivity contribution is 0.321. The zero-order chi connectivity index (χ0) is 9.14. The Bertz CT molecular complexity index is 258. The van der Waals surface area contributed by atoms with E-state index < -0.39 is 0 Å². The van der Waals surface area contributed by atoms with Crippen LogP contribution in [0.15, 0.2) is 18.2 Å². The Morgan fingerprint density at radius 1 is 1.50 bits per heavy atom. The minimum Gasteiger partial charge on any atom is -0.303 e. The lowest BCUT2D eigenvalue weighted by Gasteiger charge is -2.19. The normalized spacial score (nSPS) is 13.4. The summed E-state index contributed by atoms with van der Waals surface area (Å²) in [4.78, 5) is 2.13. The van der Waals surface area contributed by atoms with Crippen LogP contribution in [0.1, 0.15) is 18.5 Å². The average Bonchev–Trinajstić information content (AvgIpc) is 2.03. The van der Waals surface area contributed by atoms with Gasteiger partial charge in [-0.1, -0.05) is 17.7 Å². The van der Waals surface area contributed by atoms with Gasteiger partial charge in [-0.2, -0.15) is 0 Å². The van der Waals surface area contributed by atoms with E-state index >= 15 is 0 Å². The van der Waals surface area contributed by atoms with Crippen LogP contribution in [-0.4, -0.2) is 19.0 Å². The lowest BCUT2D eigenvalue weighted by atomic mass is 10.1. The maximum atomic E-state index is 5.86. The first-order chi connectivity index (χ1) is 5.61. The quantitative estimate of drug-likeness (QED) is 0.680. The largest absolute Gasteiger partial charge is 0.303 e. The van der Waals surface area contributed by atoms with Gasteiger partial charge in [-0.3, -0.25) is 0 Å². The highest BCUT2D eigenvalue weighted by Crippen LogP contribution is 2.19. The van der Waals surface area contributed by atoms with Crippen LogP contribution in [0, 0.1) is 6.07 Å². The van der Waals surface area contributed by atoms with Gasteiger partial charge in [0.1, 0.15) is 0 Å². The minimum atomic E-state index is 0.365. The minimum absolute atomic E-state index is 0.365. The predicted octanol–water partition coefficient (Wildman–Crippen LogP) is 2.76. The van der Waals surface area contributed by atoms with E-state index in [-0.39, 0.29) is 0 Å². The van der Waals surface area contributed by atoms with Gasteiger partial charge in [-0.25, -0.2) is 0 Å². The van der Waals surface area contributed by atoms with Gasteiger partial charge in [0.25, 0.3) is 0 Å². The van der Waals surface area contributed by atoms with Gasteiger partial charge in [0.05, 0.1) is 0 Å². The smallest absolute Gasteiger partial charge is 0.0409 e. The average molecular weight is 183 g/mol. The molecule has 1 atom stereocenters. The van der Waals surface area contributed by atoms with Crippen LogP contribution >= 0.6 is 11.6 Å². The summed E-state index contributed by atoms with van der Waals surface area (Å²) in [5.74, 6) is 0. The Balaban J connectivity index is 2.88. The summed E-state index contributed by atoms with van der Waals surface area (Å²) < 4.78 is 0. The van der Waals surface area contributed by atoms with Crippen molar-refractivity contribution in [1.29, 1.82) is 0 Å². The Morgan fingerprint density at radius 2 is 2.17 bits per heavy atom. The molecule has 1 nitrogen and oxygen atoms in total. The zero-order valence-corrected chi connectivity index (χ0v) is 8.39. The third kappa shape index (κ3) is 2.23. The molecule has 0 heterocycles. The molecule has 0 aliphatic heterocycles. The Morgan fingerprint density at radius 3 is 2.67 bits per heavy atom. The molecule has 0 saturated heterocycles. The number of benzene rings is 1. The molecule has 0 N–H and O–H groups in total. The van der Waals surface area contributed by atoms with E-state index in [1.54, 1.807) is 0 Å². The lowest BCUT2D eigenvalue weighted by Crippen LogP contribution is -2.16. The number of hydrogen-bond donors (Lipinski definition) is 0. The highest BCUT2D eigenvalue weighted by atomic mass is 35.5. The summed E-state index contributed by atoms with van der Waals surface area (Å²) in [6.45, 7) is 2.13. The van der Waals surface area contributed by atoms with E-state index in [9.17, 15) is 0 Å². The van der Waals surface area contributed by atoms with Gasteiger partial charge >= 0.3 is 0 Å². The maximum absolute atomic E-state index is 5.86. The van der Waals surface area contributed by atoms with Crippen molar-refractivity contribution >= 4 is 11.6 Å². The summed E-state index contributed by atoms with van der Waals surface area (Å²) >= 11 is 5.86. The molecule has 1 radical (unpaired) electrons. The molecule has 0 amide bonds. The Hall–Kier alpha value is -0.530. The molecular weight excluding hydrogens is 170 g/mol. The fourth-order valence-corrected chi connectivity index (χ4v) is 1.16. The maximum Gasteiger partial charge on any atom is 0.0409 e. The van der Waals surface area contributed by atoms with Crippen molar-refractivity contribution in [2.75, 3.05) is 14.1 Å². The molecule has 0 bridgehead atoms. The Labute approximate surface area is 79.0 Å². The molecule has 0 spiro atoms. The molecular formula is C10H13ClN. The van der Waals surface area contributed by atoms with Gasteiger partial charge in [0.15, 0.2) is 0 Å². The van der Waals surface area contributed by atoms with Crippen molar-refractivity contribution in [2.45, 2.75) is 13.0 Å². The number of halogens is 1. The van der Waals surface area contributed by atoms with Crippen LogP contribution in [-0.2, 0) is 0 Å². The van der Waals surface area contributed by atoms with E-state index in [1.165, 1.54) is 0 Å². The van der Waals surface area contributed by atoms with E-state index in [4.69, 9.17) is 11.6 Å². The van der Waals surface area contributed by atoms with Crippen molar-refractivity contribution in [3.63, 3.8) is 0 Å². The fourth-order valence-electron chi connectivity index (χ4n) is 0.975. The summed E-state index contributed by atoms with van der Waals surface area (Å²) in [7, 11) is 4.08. The van der Waals surface area contributed by atoms with E-state index in [0.29, 0.717) is 6.04 Å². The van der Waals surface area contributed by atoms with Gasteiger partial charge < -0.3 is 4.90 Å². The second-order valence-electron chi connectivity index (χ2n) is 3.10. The van der Waals surface area contributed by atoms with Gasteiger partial charge in [-0.15, -0.1) is 0 Å². The van der Waals surface area contributed by atoms with Crippen molar-refractivity contribution in [3.8, 4) is 0 Å². The molecule has 0 saturated carbocycles. The van der Waals surface area contributed by atoms with Crippen LogP contribution in [0.25, 0.3) is 0 Å². The first kappa shape index (κ1) is 9.56.